The van der Waals surface area contributed by atoms with Gasteiger partial charge in [0.05, 0.1) is 5.02 Å². The maximum Gasteiger partial charge on any atom is 0.267 e. The molecule has 0 saturated carbocycles. The lowest BCUT2D eigenvalue weighted by molar-refractivity contribution is -0.112. The number of hydrogen-bond acceptors (Lipinski definition) is 3. The summed E-state index contributed by atoms with van der Waals surface area (Å²) in [5.41, 5.74) is 1.86. The Morgan fingerprint density at radius 1 is 1.30 bits per heavy atom. The van der Waals surface area contributed by atoms with E-state index >= 15 is 0 Å². The maximum atomic E-state index is 13.1. The number of para-hydroxylation sites is 1. The Bertz CT molecular complexity index is 812. The van der Waals surface area contributed by atoms with Crippen LogP contribution in [0.3, 0.4) is 0 Å². The zero-order chi connectivity index (χ0) is 16.8. The molecule has 23 heavy (non-hydrogen) atoms. The van der Waals surface area contributed by atoms with Crippen LogP contribution in [0.15, 0.2) is 54.2 Å². The maximum absolute atomic E-state index is 13.1. The Balaban J connectivity index is 2.12. The first-order valence-electron chi connectivity index (χ1n) is 6.70. The number of aryl methyl sites for hydroxylation is 1. The van der Waals surface area contributed by atoms with Crippen LogP contribution in [0.5, 0.6) is 0 Å². The van der Waals surface area contributed by atoms with Crippen LogP contribution in [-0.4, -0.2) is 5.91 Å². The number of hydrogen-bond donors (Lipinski definition) is 2. The van der Waals surface area contributed by atoms with Gasteiger partial charge in [-0.1, -0.05) is 29.8 Å². The third-order valence-corrected chi connectivity index (χ3v) is 3.35. The predicted molar refractivity (Wildman–Crippen MR) is 88.5 cm³/mol. The van der Waals surface area contributed by atoms with Crippen LogP contribution in [0, 0.1) is 24.1 Å². The summed E-state index contributed by atoms with van der Waals surface area (Å²) < 4.78 is 13.1. The van der Waals surface area contributed by atoms with Crippen LogP contribution >= 0.6 is 11.6 Å². The molecule has 0 radical (unpaired) electrons. The van der Waals surface area contributed by atoms with Crippen molar-refractivity contribution >= 4 is 28.9 Å². The minimum absolute atomic E-state index is 0.0498. The second-order valence-electron chi connectivity index (χ2n) is 4.71. The average molecular weight is 330 g/mol. The van der Waals surface area contributed by atoms with Gasteiger partial charge in [-0.2, -0.15) is 5.26 Å². The number of carbonyl (C=O) groups excluding carboxylic acids is 1. The highest BCUT2D eigenvalue weighted by Gasteiger charge is 2.10. The number of benzene rings is 2. The predicted octanol–water partition coefficient (Wildman–Crippen LogP) is 4.25. The average Bonchev–Trinajstić information content (AvgIpc) is 2.53. The molecule has 0 heterocycles. The van der Waals surface area contributed by atoms with Gasteiger partial charge in [-0.25, -0.2) is 4.39 Å². The van der Waals surface area contributed by atoms with E-state index in [9.17, 15) is 9.18 Å². The Labute approximate surface area is 138 Å². The van der Waals surface area contributed by atoms with E-state index in [1.165, 1.54) is 24.4 Å². The van der Waals surface area contributed by atoms with Crippen molar-refractivity contribution < 1.29 is 9.18 Å². The summed E-state index contributed by atoms with van der Waals surface area (Å²) in [7, 11) is 0. The molecular formula is C17H13ClFN3O. The van der Waals surface area contributed by atoms with Gasteiger partial charge in [-0.15, -0.1) is 0 Å². The van der Waals surface area contributed by atoms with Crippen molar-refractivity contribution in [2.24, 2.45) is 0 Å². The van der Waals surface area contributed by atoms with Gasteiger partial charge in [0.25, 0.3) is 5.91 Å². The molecule has 2 N–H and O–H groups in total. The molecule has 0 saturated heterocycles. The zero-order valence-corrected chi connectivity index (χ0v) is 13.0. The molecule has 0 atom stereocenters. The van der Waals surface area contributed by atoms with Crippen molar-refractivity contribution in [3.05, 3.63) is 70.6 Å². The van der Waals surface area contributed by atoms with Gasteiger partial charge >= 0.3 is 0 Å². The summed E-state index contributed by atoms with van der Waals surface area (Å²) in [5.74, 6) is -1.08. The fourth-order valence-electron chi connectivity index (χ4n) is 1.79. The van der Waals surface area contributed by atoms with Crippen molar-refractivity contribution in [1.29, 1.82) is 5.26 Å². The largest absolute Gasteiger partial charge is 0.360 e. The molecule has 0 bridgehead atoms. The van der Waals surface area contributed by atoms with E-state index in [0.29, 0.717) is 11.4 Å². The van der Waals surface area contributed by atoms with Crippen LogP contribution in [0.1, 0.15) is 5.56 Å². The first-order valence-corrected chi connectivity index (χ1v) is 7.08. The van der Waals surface area contributed by atoms with E-state index in [-0.39, 0.29) is 10.6 Å². The molecule has 6 heteroatoms. The van der Waals surface area contributed by atoms with E-state index in [4.69, 9.17) is 16.9 Å². The first kappa shape index (κ1) is 16.5. The van der Waals surface area contributed by atoms with E-state index < -0.39 is 11.7 Å². The highest BCUT2D eigenvalue weighted by atomic mass is 35.5. The molecule has 2 aromatic rings. The van der Waals surface area contributed by atoms with Gasteiger partial charge in [0.1, 0.15) is 17.5 Å². The van der Waals surface area contributed by atoms with Crippen LogP contribution in [-0.2, 0) is 4.79 Å². The number of amides is 1. The molecule has 2 rings (SSSR count). The Morgan fingerprint density at radius 2 is 2.04 bits per heavy atom. The van der Waals surface area contributed by atoms with E-state index in [2.05, 4.69) is 10.6 Å². The van der Waals surface area contributed by atoms with Gasteiger partial charge in [-0.3, -0.25) is 4.79 Å². The van der Waals surface area contributed by atoms with Crippen LogP contribution in [0.4, 0.5) is 15.8 Å². The van der Waals surface area contributed by atoms with Crippen LogP contribution in [0.25, 0.3) is 0 Å². The smallest absolute Gasteiger partial charge is 0.267 e. The molecule has 0 unspecified atom stereocenters. The number of nitriles is 1. The first-order chi connectivity index (χ1) is 11.0. The summed E-state index contributed by atoms with van der Waals surface area (Å²) in [6.45, 7) is 1.85. The molecule has 0 spiro atoms. The summed E-state index contributed by atoms with van der Waals surface area (Å²) in [5, 5.41) is 14.5. The lowest BCUT2D eigenvalue weighted by atomic mass is 10.2. The second kappa shape index (κ2) is 7.43. The SMILES string of the molecule is Cc1ccccc1NC(=O)/C(C#N)=C\Nc1ccc(F)c(Cl)c1. The monoisotopic (exact) mass is 329 g/mol. The molecule has 0 aromatic heterocycles. The number of nitrogens with zero attached hydrogens (tertiary/aromatic N) is 1. The van der Waals surface area contributed by atoms with Crippen LogP contribution in [0.2, 0.25) is 5.02 Å². The van der Waals surface area contributed by atoms with Crippen molar-refractivity contribution in [2.75, 3.05) is 10.6 Å². The van der Waals surface area contributed by atoms with E-state index in [1.807, 2.05) is 25.1 Å². The van der Waals surface area contributed by atoms with Gasteiger partial charge in [0.15, 0.2) is 0 Å². The van der Waals surface area contributed by atoms with Crippen molar-refractivity contribution in [2.45, 2.75) is 6.92 Å². The molecule has 1 amide bonds. The molecule has 4 nitrogen and oxygen atoms in total. The number of anilines is 2. The summed E-state index contributed by atoms with van der Waals surface area (Å²) in [6.07, 6.45) is 1.25. The lowest BCUT2D eigenvalue weighted by Gasteiger charge is -2.08. The fourth-order valence-corrected chi connectivity index (χ4v) is 1.97. The van der Waals surface area contributed by atoms with E-state index in [0.717, 1.165) is 5.56 Å². The molecule has 0 aliphatic heterocycles. The highest BCUT2D eigenvalue weighted by molar-refractivity contribution is 6.31. The van der Waals surface area contributed by atoms with E-state index in [1.54, 1.807) is 12.1 Å². The number of nitrogens with one attached hydrogen (secondary N) is 2. The summed E-state index contributed by atoms with van der Waals surface area (Å²) >= 11 is 5.67. The number of rotatable bonds is 4. The quantitative estimate of drug-likeness (QED) is 0.651. The highest BCUT2D eigenvalue weighted by Crippen LogP contribution is 2.19. The normalized spacial score (nSPS) is 10.8. The molecule has 0 fully saturated rings. The van der Waals surface area contributed by atoms with Crippen LogP contribution < -0.4 is 10.6 Å². The fraction of sp³-hybridized carbons (Fsp3) is 0.0588. The standard InChI is InChI=1S/C17H13ClFN3O/c1-11-4-2-3-5-16(11)22-17(23)12(9-20)10-21-13-6-7-15(19)14(18)8-13/h2-8,10,21H,1H3,(H,22,23)/b12-10-. The minimum Gasteiger partial charge on any atom is -0.360 e. The van der Waals surface area contributed by atoms with Gasteiger partial charge < -0.3 is 10.6 Å². The molecule has 0 aliphatic rings. The molecule has 116 valence electrons. The van der Waals surface area contributed by atoms with Crippen molar-refractivity contribution in [3.63, 3.8) is 0 Å². The lowest BCUT2D eigenvalue weighted by Crippen LogP contribution is -2.15. The summed E-state index contributed by atoms with van der Waals surface area (Å²) in [6, 6.07) is 13.1. The third-order valence-electron chi connectivity index (χ3n) is 3.06. The Morgan fingerprint density at radius 3 is 2.70 bits per heavy atom. The summed E-state index contributed by atoms with van der Waals surface area (Å²) in [4.78, 5) is 12.1. The van der Waals surface area contributed by atoms with Gasteiger partial charge in [-0.05, 0) is 36.8 Å². The minimum atomic E-state index is -0.543. The molecule has 2 aromatic carbocycles. The third kappa shape index (κ3) is 4.31. The Kier molecular flexibility index (Phi) is 5.34. The number of carbonyl (C=O) groups is 1. The zero-order valence-electron chi connectivity index (χ0n) is 12.2. The van der Waals surface area contributed by atoms with Crippen molar-refractivity contribution in [3.8, 4) is 6.07 Å². The number of halogens is 2. The molecular weight excluding hydrogens is 317 g/mol. The van der Waals surface area contributed by atoms with Gasteiger partial charge in [0, 0.05) is 17.6 Å². The van der Waals surface area contributed by atoms with Crippen molar-refractivity contribution in [1.82, 2.24) is 0 Å². The topological polar surface area (TPSA) is 64.9 Å². The van der Waals surface area contributed by atoms with Gasteiger partial charge in [0.2, 0.25) is 0 Å². The Hall–Kier alpha value is -2.84. The second-order valence-corrected chi connectivity index (χ2v) is 5.12. The molecule has 0 aliphatic carbocycles.